The first-order chi connectivity index (χ1) is 35.5. The fourth-order valence-electron chi connectivity index (χ4n) is 8.03. The molecular weight excluding hydrogens is 957 g/mol. The number of methoxy groups -OCH3 is 3. The van der Waals surface area contributed by atoms with Crippen LogP contribution in [0.5, 0.6) is 0 Å². The van der Waals surface area contributed by atoms with E-state index in [2.05, 4.69) is 19.2 Å². The van der Waals surface area contributed by atoms with Crippen LogP contribution in [-0.4, -0.2) is 263 Å². The van der Waals surface area contributed by atoms with Crippen LogP contribution in [0.2, 0.25) is 0 Å². The SMILES string of the molecule is CCCN(C(=O)CCOCCOCCOCCOCCOCCOCCOCCOCCOCCOCCOCCOC)C(=O)NCC(=O)N(C)C(C(C)CC)C(CC(=O)N1CCCC1C(OC)C(C)C)OC. The number of carbonyl (C=O) groups is 4. The molecule has 0 aromatic rings. The highest BCUT2D eigenvalue weighted by atomic mass is 16.6. The number of imide groups is 1. The fourth-order valence-corrected chi connectivity index (χ4v) is 8.03. The number of ether oxygens (including phenoxy) is 14. The number of hydrogen-bond donors (Lipinski definition) is 1. The van der Waals surface area contributed by atoms with E-state index >= 15 is 0 Å². The van der Waals surface area contributed by atoms with Crippen molar-refractivity contribution in [1.29, 1.82) is 0 Å². The van der Waals surface area contributed by atoms with Gasteiger partial charge in [0.25, 0.3) is 0 Å². The Morgan fingerprint density at radius 1 is 0.575 bits per heavy atom. The van der Waals surface area contributed by atoms with E-state index in [1.54, 1.807) is 33.3 Å². The molecule has 1 fully saturated rings. The molecule has 0 bridgehead atoms. The normalized spacial score (nSPS) is 15.4. The number of carbonyl (C=O) groups excluding carboxylic acids is 4. The highest BCUT2D eigenvalue weighted by Gasteiger charge is 2.40. The Balaban J connectivity index is 2.11. The summed E-state index contributed by atoms with van der Waals surface area (Å²) >= 11 is 0. The van der Waals surface area contributed by atoms with Crippen LogP contribution in [-0.2, 0) is 80.7 Å². The zero-order chi connectivity index (χ0) is 53.7. The first-order valence-corrected chi connectivity index (χ1v) is 26.5. The molecule has 1 aliphatic rings. The van der Waals surface area contributed by atoms with Crippen LogP contribution in [0.15, 0.2) is 0 Å². The molecule has 5 unspecified atom stereocenters. The van der Waals surface area contributed by atoms with E-state index in [-0.39, 0.29) is 74.9 Å². The van der Waals surface area contributed by atoms with Gasteiger partial charge in [0.1, 0.15) is 0 Å². The number of nitrogens with zero attached hydrogens (tertiary/aromatic N) is 3. The maximum Gasteiger partial charge on any atom is 0.324 e. The average Bonchev–Trinajstić information content (AvgIpc) is 3.87. The minimum Gasteiger partial charge on any atom is -0.382 e. The lowest BCUT2D eigenvalue weighted by molar-refractivity contribution is -0.144. The molecule has 0 aromatic heterocycles. The van der Waals surface area contributed by atoms with Gasteiger partial charge >= 0.3 is 6.03 Å². The third kappa shape index (κ3) is 32.5. The Bertz CT molecular complexity index is 1360. The summed E-state index contributed by atoms with van der Waals surface area (Å²) < 4.78 is 77.0. The van der Waals surface area contributed by atoms with Crippen LogP contribution in [0, 0.1) is 11.8 Å². The van der Waals surface area contributed by atoms with Crippen LogP contribution >= 0.6 is 0 Å². The summed E-state index contributed by atoms with van der Waals surface area (Å²) in [4.78, 5) is 58.2. The van der Waals surface area contributed by atoms with Gasteiger partial charge in [-0.1, -0.05) is 41.0 Å². The summed E-state index contributed by atoms with van der Waals surface area (Å²) in [6.07, 6.45) is 2.52. The van der Waals surface area contributed by atoms with Gasteiger partial charge in [-0.05, 0) is 31.1 Å². The number of likely N-dealkylation sites (N-methyl/N-ethyl adjacent to an activating group) is 1. The van der Waals surface area contributed by atoms with Gasteiger partial charge in [0, 0.05) is 41.5 Å². The molecule has 0 aliphatic carbocycles. The molecule has 1 rings (SSSR count). The van der Waals surface area contributed by atoms with E-state index in [9.17, 15) is 19.2 Å². The second kappa shape index (κ2) is 46.6. The van der Waals surface area contributed by atoms with Crippen LogP contribution < -0.4 is 5.32 Å². The lowest BCUT2D eigenvalue weighted by Gasteiger charge is -2.39. The fraction of sp³-hybridized carbons (Fsp3) is 0.922. The molecule has 0 spiro atoms. The molecule has 5 atom stereocenters. The third-order valence-corrected chi connectivity index (χ3v) is 12.1. The number of nitrogens with one attached hydrogen (secondary N) is 1. The third-order valence-electron chi connectivity index (χ3n) is 12.1. The van der Waals surface area contributed by atoms with Gasteiger partial charge in [-0.3, -0.25) is 19.3 Å². The van der Waals surface area contributed by atoms with Crippen LogP contribution in [0.4, 0.5) is 4.79 Å². The number of rotatable bonds is 50. The summed E-state index contributed by atoms with van der Waals surface area (Å²) in [7, 11) is 6.56. The summed E-state index contributed by atoms with van der Waals surface area (Å²) in [5, 5.41) is 2.64. The highest BCUT2D eigenvalue weighted by Crippen LogP contribution is 2.29. The molecule has 22 heteroatoms. The first-order valence-electron chi connectivity index (χ1n) is 26.5. The Hall–Kier alpha value is -2.68. The molecule has 1 heterocycles. The largest absolute Gasteiger partial charge is 0.382 e. The van der Waals surface area contributed by atoms with Crippen LogP contribution in [0.3, 0.4) is 0 Å². The summed E-state index contributed by atoms with van der Waals surface area (Å²) in [5.41, 5.74) is 0. The topological polar surface area (TPSA) is 219 Å². The molecule has 73 heavy (non-hydrogen) atoms. The minimum absolute atomic E-state index is 0.00720. The second-order valence-corrected chi connectivity index (χ2v) is 17.8. The highest BCUT2D eigenvalue weighted by molar-refractivity contribution is 5.96. The van der Waals surface area contributed by atoms with E-state index in [1.807, 2.05) is 25.7 Å². The van der Waals surface area contributed by atoms with Crippen molar-refractivity contribution < 1.29 is 85.5 Å². The van der Waals surface area contributed by atoms with E-state index in [0.717, 1.165) is 24.2 Å². The maximum atomic E-state index is 13.7. The molecule has 0 radical (unpaired) electrons. The van der Waals surface area contributed by atoms with Crippen LogP contribution in [0.1, 0.15) is 73.1 Å². The van der Waals surface area contributed by atoms with Gasteiger partial charge in [0.15, 0.2) is 0 Å². The minimum atomic E-state index is -0.653. The summed E-state index contributed by atoms with van der Waals surface area (Å²) in [6, 6.07) is -1.10. The lowest BCUT2D eigenvalue weighted by atomic mass is 9.90. The molecule has 1 N–H and O–H groups in total. The van der Waals surface area contributed by atoms with Crippen molar-refractivity contribution >= 4 is 23.8 Å². The quantitative estimate of drug-likeness (QED) is 0.0866. The molecular formula is C51H98N4O18. The zero-order valence-corrected chi connectivity index (χ0v) is 46.3. The van der Waals surface area contributed by atoms with Gasteiger partial charge in [0.05, 0.1) is 196 Å². The standard InChI is InChI=1S/C51H98N4O18/c1-10-15-55(51(59)52-41-48(58)53(6)49(43(5)11-2)45(61-8)40-47(57)54-16-12-13-44(54)50(62-9)42(3)4)46(56)14-17-63-20-21-65-24-25-67-28-29-69-32-33-71-36-37-73-39-38-72-35-34-70-31-30-68-27-26-66-23-22-64-19-18-60-7/h42-45,49-50H,10-41H2,1-9H3,(H,52,59). The average molecular weight is 1060 g/mol. The molecule has 0 saturated carbocycles. The summed E-state index contributed by atoms with van der Waals surface area (Å²) in [6.45, 7) is 20.9. The predicted octanol–water partition coefficient (Wildman–Crippen LogP) is 3.09. The molecule has 430 valence electrons. The molecule has 22 nitrogen and oxygen atoms in total. The van der Waals surface area contributed by atoms with Crippen LogP contribution in [0.25, 0.3) is 0 Å². The van der Waals surface area contributed by atoms with Crippen molar-refractivity contribution in [2.75, 3.05) is 200 Å². The number of amides is 5. The molecule has 1 aliphatic heterocycles. The maximum absolute atomic E-state index is 13.7. The van der Waals surface area contributed by atoms with Gasteiger partial charge in [-0.25, -0.2) is 4.79 Å². The number of hydrogen-bond acceptors (Lipinski definition) is 18. The van der Waals surface area contributed by atoms with Crippen molar-refractivity contribution in [1.82, 2.24) is 20.0 Å². The molecule has 1 saturated heterocycles. The Morgan fingerprint density at radius 2 is 0.986 bits per heavy atom. The first kappa shape index (κ1) is 68.3. The Kier molecular flexibility index (Phi) is 43.6. The van der Waals surface area contributed by atoms with E-state index in [4.69, 9.17) is 66.3 Å². The van der Waals surface area contributed by atoms with E-state index < -0.39 is 24.1 Å². The van der Waals surface area contributed by atoms with Crippen molar-refractivity contribution in [2.24, 2.45) is 11.8 Å². The van der Waals surface area contributed by atoms with E-state index in [0.29, 0.717) is 152 Å². The van der Waals surface area contributed by atoms with Gasteiger partial charge in [-0.2, -0.15) is 0 Å². The number of urea groups is 1. The van der Waals surface area contributed by atoms with Crippen molar-refractivity contribution in [3.8, 4) is 0 Å². The molecule has 0 aromatic carbocycles. The van der Waals surface area contributed by atoms with Crippen molar-refractivity contribution in [3.05, 3.63) is 0 Å². The Morgan fingerprint density at radius 3 is 1.34 bits per heavy atom. The Labute approximate surface area is 437 Å². The number of likely N-dealkylation sites (tertiary alicyclic amines) is 1. The zero-order valence-electron chi connectivity index (χ0n) is 46.3. The predicted molar refractivity (Wildman–Crippen MR) is 273 cm³/mol. The van der Waals surface area contributed by atoms with Crippen molar-refractivity contribution in [2.45, 2.75) is 97.4 Å². The van der Waals surface area contributed by atoms with E-state index in [1.165, 1.54) is 0 Å². The monoisotopic (exact) mass is 1050 g/mol. The smallest absolute Gasteiger partial charge is 0.324 e. The second-order valence-electron chi connectivity index (χ2n) is 17.8. The lowest BCUT2D eigenvalue weighted by Crippen LogP contribution is -2.54. The summed E-state index contributed by atoms with van der Waals surface area (Å²) in [5.74, 6) is -0.557. The molecule has 5 amide bonds. The van der Waals surface area contributed by atoms with Gasteiger partial charge in [0.2, 0.25) is 17.7 Å². The van der Waals surface area contributed by atoms with Crippen molar-refractivity contribution in [3.63, 3.8) is 0 Å². The van der Waals surface area contributed by atoms with Gasteiger partial charge in [-0.15, -0.1) is 0 Å². The van der Waals surface area contributed by atoms with Gasteiger partial charge < -0.3 is 81.4 Å².